The highest BCUT2D eigenvalue weighted by Gasteiger charge is 2.16. The van der Waals surface area contributed by atoms with E-state index in [9.17, 15) is 0 Å². The molecule has 4 rings (SSSR count). The van der Waals surface area contributed by atoms with Crippen LogP contribution in [0.25, 0.3) is 0 Å². The van der Waals surface area contributed by atoms with Crippen LogP contribution >= 0.6 is 15.9 Å². The first-order chi connectivity index (χ1) is 12.8. The molecule has 0 spiro atoms. The lowest BCUT2D eigenvalue weighted by atomic mass is 9.91. The van der Waals surface area contributed by atoms with Crippen LogP contribution < -0.4 is 14.8 Å². The number of benzene rings is 2. The molecule has 138 valence electrons. The molecule has 0 atom stereocenters. The highest BCUT2D eigenvalue weighted by molar-refractivity contribution is 9.10. The Bertz CT molecular complexity index is 739. The van der Waals surface area contributed by atoms with E-state index in [4.69, 9.17) is 9.47 Å². The summed E-state index contributed by atoms with van der Waals surface area (Å²) in [6, 6.07) is 12.7. The molecule has 1 aliphatic heterocycles. The lowest BCUT2D eigenvalue weighted by Gasteiger charge is -2.24. The van der Waals surface area contributed by atoms with Crippen LogP contribution in [0.5, 0.6) is 11.5 Å². The van der Waals surface area contributed by atoms with Gasteiger partial charge in [-0.1, -0.05) is 28.1 Å². The zero-order valence-electron chi connectivity index (χ0n) is 15.1. The van der Waals surface area contributed by atoms with E-state index in [0.717, 1.165) is 54.7 Å². The Morgan fingerprint density at radius 2 is 1.77 bits per heavy atom. The Hall–Kier alpha value is -1.52. The molecule has 4 heteroatoms. The number of ether oxygens (including phenoxy) is 2. The molecule has 1 heterocycles. The van der Waals surface area contributed by atoms with E-state index in [2.05, 4.69) is 57.6 Å². The zero-order valence-corrected chi connectivity index (χ0v) is 16.7. The summed E-state index contributed by atoms with van der Waals surface area (Å²) >= 11 is 3.62. The summed E-state index contributed by atoms with van der Waals surface area (Å²) < 4.78 is 13.4. The summed E-state index contributed by atoms with van der Waals surface area (Å²) in [6.07, 6.45) is 7.33. The zero-order chi connectivity index (χ0) is 17.8. The largest absolute Gasteiger partial charge is 0.490 e. The number of aryl methyl sites for hydroxylation is 1. The molecular formula is C22H26BrNO2. The summed E-state index contributed by atoms with van der Waals surface area (Å²) in [7, 11) is 0. The van der Waals surface area contributed by atoms with Gasteiger partial charge in [-0.05, 0) is 92.6 Å². The number of fused-ring (bicyclic) bond motifs is 1. The molecule has 0 radical (unpaired) electrons. The summed E-state index contributed by atoms with van der Waals surface area (Å²) in [5.74, 6) is 1.99. The first-order valence-electron chi connectivity index (χ1n) is 9.68. The number of hydrogen-bond acceptors (Lipinski definition) is 3. The Morgan fingerprint density at radius 3 is 2.58 bits per heavy atom. The maximum atomic E-state index is 6.18. The molecule has 1 aliphatic carbocycles. The first kappa shape index (κ1) is 17.9. The Balaban J connectivity index is 1.38. The third-order valence-electron chi connectivity index (χ3n) is 5.30. The Labute approximate surface area is 164 Å². The van der Waals surface area contributed by atoms with Crippen LogP contribution in [0.2, 0.25) is 0 Å². The fourth-order valence-corrected chi connectivity index (χ4v) is 4.33. The van der Waals surface area contributed by atoms with Crippen molar-refractivity contribution in [2.75, 3.05) is 13.1 Å². The second-order valence-electron chi connectivity index (χ2n) is 7.25. The van der Waals surface area contributed by atoms with Gasteiger partial charge in [0.05, 0.1) is 0 Å². The smallest absolute Gasteiger partial charge is 0.124 e. The van der Waals surface area contributed by atoms with E-state index in [-0.39, 0.29) is 0 Å². The summed E-state index contributed by atoms with van der Waals surface area (Å²) in [4.78, 5) is 0. The van der Waals surface area contributed by atoms with Gasteiger partial charge in [-0.3, -0.25) is 0 Å². The molecular weight excluding hydrogens is 390 g/mol. The number of piperidine rings is 1. The third kappa shape index (κ3) is 4.41. The van der Waals surface area contributed by atoms with E-state index >= 15 is 0 Å². The monoisotopic (exact) mass is 415 g/mol. The van der Waals surface area contributed by atoms with Crippen molar-refractivity contribution in [2.45, 2.75) is 51.2 Å². The lowest BCUT2D eigenvalue weighted by molar-refractivity contribution is 0.162. The van der Waals surface area contributed by atoms with Crippen molar-refractivity contribution in [2.24, 2.45) is 0 Å². The van der Waals surface area contributed by atoms with Crippen molar-refractivity contribution < 1.29 is 9.47 Å². The normalized spacial score (nSPS) is 17.6. The summed E-state index contributed by atoms with van der Waals surface area (Å²) in [5.41, 5.74) is 4.00. The number of nitrogens with one attached hydrogen (secondary N) is 1. The van der Waals surface area contributed by atoms with Crippen molar-refractivity contribution >= 4 is 15.9 Å². The van der Waals surface area contributed by atoms with Crippen LogP contribution in [0, 0.1) is 0 Å². The van der Waals surface area contributed by atoms with Gasteiger partial charge < -0.3 is 14.8 Å². The quantitative estimate of drug-likeness (QED) is 0.741. The molecule has 1 fully saturated rings. The van der Waals surface area contributed by atoms with Crippen molar-refractivity contribution in [1.29, 1.82) is 0 Å². The Morgan fingerprint density at radius 1 is 1.00 bits per heavy atom. The molecule has 0 bridgehead atoms. The molecule has 0 saturated carbocycles. The molecule has 3 nitrogen and oxygen atoms in total. The minimum absolute atomic E-state index is 0.339. The topological polar surface area (TPSA) is 30.5 Å². The van der Waals surface area contributed by atoms with Gasteiger partial charge in [0, 0.05) is 4.47 Å². The fraction of sp³-hybridized carbons (Fsp3) is 0.455. The molecule has 0 aromatic heterocycles. The van der Waals surface area contributed by atoms with Gasteiger partial charge in [-0.25, -0.2) is 0 Å². The number of hydrogen-bond donors (Lipinski definition) is 1. The van der Waals surface area contributed by atoms with Crippen molar-refractivity contribution in [3.8, 4) is 11.5 Å². The van der Waals surface area contributed by atoms with Crippen LogP contribution in [0.1, 0.15) is 42.4 Å². The van der Waals surface area contributed by atoms with Crippen LogP contribution in [0.3, 0.4) is 0 Å². The maximum Gasteiger partial charge on any atom is 0.124 e. The molecule has 2 aromatic carbocycles. The van der Waals surface area contributed by atoms with Crippen LogP contribution in [-0.4, -0.2) is 19.2 Å². The third-order valence-corrected chi connectivity index (χ3v) is 5.75. The first-order valence-corrected chi connectivity index (χ1v) is 10.5. The van der Waals surface area contributed by atoms with Crippen molar-refractivity contribution in [3.63, 3.8) is 0 Å². The molecule has 1 saturated heterocycles. The molecule has 1 N–H and O–H groups in total. The highest BCUT2D eigenvalue weighted by atomic mass is 79.9. The van der Waals surface area contributed by atoms with Gasteiger partial charge >= 0.3 is 0 Å². The SMILES string of the molecule is Brc1cc2c(c(OCc3ccc(OC4CCNCC4)cc3)c1)CCCC2. The van der Waals surface area contributed by atoms with Gasteiger partial charge in [-0.2, -0.15) is 0 Å². The predicted molar refractivity (Wildman–Crippen MR) is 108 cm³/mol. The predicted octanol–water partition coefficient (Wildman–Crippen LogP) is 5.04. The minimum atomic E-state index is 0.339. The summed E-state index contributed by atoms with van der Waals surface area (Å²) in [6.45, 7) is 2.69. The van der Waals surface area contributed by atoms with Gasteiger partial charge in [0.25, 0.3) is 0 Å². The lowest BCUT2D eigenvalue weighted by Crippen LogP contribution is -2.34. The van der Waals surface area contributed by atoms with Gasteiger partial charge in [0.2, 0.25) is 0 Å². The van der Waals surface area contributed by atoms with E-state index in [1.165, 1.54) is 29.5 Å². The summed E-state index contributed by atoms with van der Waals surface area (Å²) in [5, 5.41) is 3.37. The Kier molecular flexibility index (Phi) is 5.81. The molecule has 2 aromatic rings. The highest BCUT2D eigenvalue weighted by Crippen LogP contribution is 2.33. The van der Waals surface area contributed by atoms with Gasteiger partial charge in [0.15, 0.2) is 0 Å². The minimum Gasteiger partial charge on any atom is -0.490 e. The molecule has 0 amide bonds. The van der Waals surface area contributed by atoms with E-state index in [0.29, 0.717) is 12.7 Å². The van der Waals surface area contributed by atoms with Crippen LogP contribution in [-0.2, 0) is 19.4 Å². The van der Waals surface area contributed by atoms with E-state index in [1.54, 1.807) is 0 Å². The second kappa shape index (κ2) is 8.45. The average molecular weight is 416 g/mol. The molecule has 2 aliphatic rings. The number of rotatable bonds is 5. The fourth-order valence-electron chi connectivity index (χ4n) is 3.85. The number of halogens is 1. The van der Waals surface area contributed by atoms with Crippen LogP contribution in [0.4, 0.5) is 0 Å². The van der Waals surface area contributed by atoms with Crippen LogP contribution in [0.15, 0.2) is 40.9 Å². The second-order valence-corrected chi connectivity index (χ2v) is 8.16. The average Bonchev–Trinajstić information content (AvgIpc) is 2.68. The standard InChI is InChI=1S/C22H26BrNO2/c23-18-13-17-3-1-2-4-21(17)22(14-18)25-15-16-5-7-19(8-6-16)26-20-9-11-24-12-10-20/h5-8,13-14,20,24H,1-4,9-12,15H2. The molecule has 26 heavy (non-hydrogen) atoms. The van der Waals surface area contributed by atoms with Gasteiger partial charge in [0.1, 0.15) is 24.2 Å². The van der Waals surface area contributed by atoms with E-state index in [1.807, 2.05) is 0 Å². The maximum absolute atomic E-state index is 6.18. The van der Waals surface area contributed by atoms with E-state index < -0.39 is 0 Å². The van der Waals surface area contributed by atoms with Crippen molar-refractivity contribution in [3.05, 3.63) is 57.6 Å². The van der Waals surface area contributed by atoms with Crippen molar-refractivity contribution in [1.82, 2.24) is 5.32 Å². The molecule has 0 unspecified atom stereocenters. The van der Waals surface area contributed by atoms with Gasteiger partial charge in [-0.15, -0.1) is 0 Å².